The average molecular weight is 439 g/mol. The molecule has 166 valence electrons. The van der Waals surface area contributed by atoms with Crippen molar-refractivity contribution in [2.24, 2.45) is 11.1 Å². The number of nitrogens with zero attached hydrogens (tertiary/aromatic N) is 2. The van der Waals surface area contributed by atoms with E-state index >= 15 is 0 Å². The number of nitrogens with one attached hydrogen (secondary N) is 1. The lowest BCUT2D eigenvalue weighted by molar-refractivity contribution is -0.132. The maximum atomic E-state index is 13.4. The third-order valence-electron chi connectivity index (χ3n) is 6.26. The SMILES string of the molecule is NC(=O)C1(CCC(=O)N(C2CCCNC[C@@H]2O)S(=O)(=O)c2ccccn2)CCCC1. The van der Waals surface area contributed by atoms with Gasteiger partial charge < -0.3 is 16.2 Å². The van der Waals surface area contributed by atoms with Gasteiger partial charge in [0, 0.05) is 24.6 Å². The minimum absolute atomic E-state index is 0.133. The molecule has 0 aromatic carbocycles. The zero-order chi connectivity index (χ0) is 21.8. The molecular formula is C20H30N4O5S. The van der Waals surface area contributed by atoms with E-state index in [0.717, 1.165) is 17.1 Å². The fraction of sp³-hybridized carbons (Fsp3) is 0.650. The lowest BCUT2D eigenvalue weighted by Gasteiger charge is -2.33. The monoisotopic (exact) mass is 438 g/mol. The molecule has 4 N–H and O–H groups in total. The van der Waals surface area contributed by atoms with E-state index in [-0.39, 0.29) is 24.4 Å². The van der Waals surface area contributed by atoms with Crippen molar-refractivity contribution in [1.82, 2.24) is 14.6 Å². The van der Waals surface area contributed by atoms with E-state index in [9.17, 15) is 23.1 Å². The lowest BCUT2D eigenvalue weighted by Crippen LogP contribution is -2.52. The molecule has 30 heavy (non-hydrogen) atoms. The molecule has 10 heteroatoms. The minimum Gasteiger partial charge on any atom is -0.390 e. The normalized spacial score (nSPS) is 24.2. The first-order valence-electron chi connectivity index (χ1n) is 10.4. The van der Waals surface area contributed by atoms with Gasteiger partial charge in [0.2, 0.25) is 11.8 Å². The van der Waals surface area contributed by atoms with E-state index in [1.54, 1.807) is 6.07 Å². The predicted molar refractivity (Wildman–Crippen MR) is 109 cm³/mol. The van der Waals surface area contributed by atoms with Crippen molar-refractivity contribution < 1.29 is 23.1 Å². The number of amides is 2. The molecule has 2 fully saturated rings. The molecule has 0 spiro atoms. The van der Waals surface area contributed by atoms with Crippen LogP contribution >= 0.6 is 0 Å². The number of hydrogen-bond donors (Lipinski definition) is 3. The predicted octanol–water partition coefficient (Wildman–Crippen LogP) is 0.538. The number of aliphatic hydroxyl groups excluding tert-OH is 1. The molecule has 2 heterocycles. The quantitative estimate of drug-likeness (QED) is 0.564. The van der Waals surface area contributed by atoms with Crippen LogP contribution in [-0.2, 0) is 19.6 Å². The molecule has 0 radical (unpaired) electrons. The summed E-state index contributed by atoms with van der Waals surface area (Å²) in [7, 11) is -4.27. The van der Waals surface area contributed by atoms with Gasteiger partial charge in [-0.3, -0.25) is 9.59 Å². The largest absolute Gasteiger partial charge is 0.390 e. The van der Waals surface area contributed by atoms with E-state index < -0.39 is 39.4 Å². The Balaban J connectivity index is 1.90. The van der Waals surface area contributed by atoms with Gasteiger partial charge in [0.25, 0.3) is 10.0 Å². The van der Waals surface area contributed by atoms with Crippen LogP contribution < -0.4 is 11.1 Å². The summed E-state index contributed by atoms with van der Waals surface area (Å²) >= 11 is 0. The maximum absolute atomic E-state index is 13.4. The Bertz CT molecular complexity index is 855. The second-order valence-corrected chi connectivity index (χ2v) is 9.96. The maximum Gasteiger partial charge on any atom is 0.284 e. The van der Waals surface area contributed by atoms with Crippen molar-refractivity contribution in [3.8, 4) is 0 Å². The van der Waals surface area contributed by atoms with Gasteiger partial charge in [0.15, 0.2) is 5.03 Å². The molecular weight excluding hydrogens is 408 g/mol. The van der Waals surface area contributed by atoms with Gasteiger partial charge in [-0.25, -0.2) is 9.29 Å². The molecule has 1 unspecified atom stereocenters. The molecule has 2 amide bonds. The number of pyridine rings is 1. The smallest absolute Gasteiger partial charge is 0.284 e. The molecule has 2 aliphatic rings. The van der Waals surface area contributed by atoms with Gasteiger partial charge in [0.1, 0.15) is 0 Å². The second-order valence-electron chi connectivity index (χ2n) is 8.20. The lowest BCUT2D eigenvalue weighted by atomic mass is 9.80. The number of primary amides is 1. The summed E-state index contributed by atoms with van der Waals surface area (Å²) in [5, 5.41) is 13.4. The van der Waals surface area contributed by atoms with Crippen molar-refractivity contribution in [1.29, 1.82) is 0 Å². The Morgan fingerprint density at radius 2 is 2.00 bits per heavy atom. The third-order valence-corrected chi connectivity index (χ3v) is 8.02. The molecule has 3 rings (SSSR count). The van der Waals surface area contributed by atoms with E-state index in [0.29, 0.717) is 32.2 Å². The van der Waals surface area contributed by atoms with Crippen molar-refractivity contribution in [3.05, 3.63) is 24.4 Å². The summed E-state index contributed by atoms with van der Waals surface area (Å²) in [4.78, 5) is 29.2. The Morgan fingerprint density at radius 3 is 2.63 bits per heavy atom. The van der Waals surface area contributed by atoms with Crippen LogP contribution in [-0.4, -0.2) is 59.9 Å². The Kier molecular flexibility index (Phi) is 7.10. The second kappa shape index (κ2) is 9.40. The van der Waals surface area contributed by atoms with Gasteiger partial charge in [-0.05, 0) is 50.8 Å². The van der Waals surface area contributed by atoms with Crippen LogP contribution in [0.1, 0.15) is 51.4 Å². The van der Waals surface area contributed by atoms with Crippen LogP contribution in [0.5, 0.6) is 0 Å². The molecule has 1 aromatic rings. The molecule has 1 aliphatic heterocycles. The molecule has 1 aromatic heterocycles. The first-order chi connectivity index (χ1) is 14.3. The number of hydrogen-bond acceptors (Lipinski definition) is 7. The molecule has 9 nitrogen and oxygen atoms in total. The molecule has 1 saturated carbocycles. The molecule has 1 aliphatic carbocycles. The zero-order valence-electron chi connectivity index (χ0n) is 17.0. The fourth-order valence-corrected chi connectivity index (χ4v) is 6.12. The van der Waals surface area contributed by atoms with Crippen molar-refractivity contribution >= 4 is 21.8 Å². The van der Waals surface area contributed by atoms with Gasteiger partial charge in [-0.2, -0.15) is 8.42 Å². The van der Waals surface area contributed by atoms with Crippen molar-refractivity contribution in [2.45, 2.75) is 68.5 Å². The van der Waals surface area contributed by atoms with Crippen LogP contribution in [0.3, 0.4) is 0 Å². The number of β-amino-alcohol motifs (C(OH)–C–C–N with tert-alkyl or cyclic N) is 1. The molecule has 2 atom stereocenters. The highest BCUT2D eigenvalue weighted by Gasteiger charge is 2.43. The van der Waals surface area contributed by atoms with E-state index in [4.69, 9.17) is 5.73 Å². The Morgan fingerprint density at radius 1 is 1.27 bits per heavy atom. The van der Waals surface area contributed by atoms with E-state index in [1.807, 2.05) is 0 Å². The summed E-state index contributed by atoms with van der Waals surface area (Å²) in [6.45, 7) is 0.821. The van der Waals surface area contributed by atoms with Gasteiger partial charge >= 0.3 is 0 Å². The molecule has 1 saturated heterocycles. The van der Waals surface area contributed by atoms with Crippen LogP contribution in [0.25, 0.3) is 0 Å². The Hall–Kier alpha value is -2.04. The summed E-state index contributed by atoms with van der Waals surface area (Å²) in [5.74, 6) is -1.08. The highest BCUT2D eigenvalue weighted by atomic mass is 32.2. The standard InChI is InChI=1S/C20H30N4O5S/c21-19(27)20(9-2-3-10-20)11-8-18(26)24(15-6-5-12-22-14-16(15)25)30(28,29)17-7-1-4-13-23-17/h1,4,7,13,15-16,22,25H,2-3,5-6,8-12,14H2,(H2,21,27)/t15?,16-/m0/s1. The number of aromatic nitrogens is 1. The number of sulfonamides is 1. The first-order valence-corrected chi connectivity index (χ1v) is 11.9. The van der Waals surface area contributed by atoms with Gasteiger partial charge in [-0.15, -0.1) is 0 Å². The van der Waals surface area contributed by atoms with Crippen LogP contribution in [0, 0.1) is 5.41 Å². The summed E-state index contributed by atoms with van der Waals surface area (Å²) in [6, 6.07) is 3.56. The third kappa shape index (κ3) is 4.65. The van der Waals surface area contributed by atoms with E-state index in [1.165, 1.54) is 18.3 Å². The zero-order valence-corrected chi connectivity index (χ0v) is 17.8. The van der Waals surface area contributed by atoms with E-state index in [2.05, 4.69) is 10.3 Å². The average Bonchev–Trinajstić information content (AvgIpc) is 3.13. The number of aliphatic hydroxyl groups is 1. The highest BCUT2D eigenvalue weighted by Crippen LogP contribution is 2.42. The van der Waals surface area contributed by atoms with Crippen molar-refractivity contribution in [3.63, 3.8) is 0 Å². The molecule has 0 bridgehead atoms. The topological polar surface area (TPSA) is 143 Å². The van der Waals surface area contributed by atoms with Crippen molar-refractivity contribution in [2.75, 3.05) is 13.1 Å². The Labute approximate surface area is 177 Å². The summed E-state index contributed by atoms with van der Waals surface area (Å²) in [5.41, 5.74) is 4.85. The van der Waals surface area contributed by atoms with Gasteiger partial charge in [-0.1, -0.05) is 18.9 Å². The fourth-order valence-electron chi connectivity index (χ4n) is 4.51. The van der Waals surface area contributed by atoms with Crippen LogP contribution in [0.4, 0.5) is 0 Å². The summed E-state index contributed by atoms with van der Waals surface area (Å²) in [6.07, 6.45) is 4.29. The number of carbonyl (C=O) groups is 2. The number of carbonyl (C=O) groups excluding carboxylic acids is 2. The summed E-state index contributed by atoms with van der Waals surface area (Å²) < 4.78 is 27.5. The minimum atomic E-state index is -4.27. The number of nitrogens with two attached hydrogens (primary N) is 1. The van der Waals surface area contributed by atoms with Gasteiger partial charge in [0.05, 0.1) is 12.1 Å². The number of rotatable bonds is 7. The van der Waals surface area contributed by atoms with Crippen LogP contribution in [0.15, 0.2) is 29.4 Å². The highest BCUT2D eigenvalue weighted by molar-refractivity contribution is 7.89. The van der Waals surface area contributed by atoms with Crippen LogP contribution in [0.2, 0.25) is 0 Å². The first kappa shape index (κ1) is 22.6.